The van der Waals surface area contributed by atoms with Crippen LogP contribution in [0.5, 0.6) is 0 Å². The number of benzene rings is 1. The zero-order valence-corrected chi connectivity index (χ0v) is 12.8. The van der Waals surface area contributed by atoms with E-state index >= 15 is 0 Å². The third-order valence-corrected chi connectivity index (χ3v) is 4.35. The molecule has 2 heterocycles. The maximum atomic E-state index is 12.0. The van der Waals surface area contributed by atoms with Crippen LogP contribution in [0, 0.1) is 0 Å². The van der Waals surface area contributed by atoms with Gasteiger partial charge in [-0.05, 0) is 30.7 Å². The Labute approximate surface area is 130 Å². The lowest BCUT2D eigenvalue weighted by molar-refractivity contribution is -0.137. The van der Waals surface area contributed by atoms with Crippen molar-refractivity contribution in [2.45, 2.75) is 32.0 Å². The Hall–Kier alpha value is -1.92. The molecule has 0 spiro atoms. The van der Waals surface area contributed by atoms with Gasteiger partial charge in [-0.2, -0.15) is 0 Å². The maximum absolute atomic E-state index is 12.0. The summed E-state index contributed by atoms with van der Waals surface area (Å²) in [5.41, 5.74) is 3.67. The molecule has 22 heavy (non-hydrogen) atoms. The summed E-state index contributed by atoms with van der Waals surface area (Å²) >= 11 is 0. The van der Waals surface area contributed by atoms with Crippen molar-refractivity contribution in [3.8, 4) is 0 Å². The maximum Gasteiger partial charge on any atom is 0.243 e. The van der Waals surface area contributed by atoms with Gasteiger partial charge < -0.3 is 10.6 Å². The topological polar surface area (TPSA) is 73.5 Å². The number of fused-ring (bicyclic) bond motifs is 1. The molecule has 0 aromatic heterocycles. The summed E-state index contributed by atoms with van der Waals surface area (Å²) < 4.78 is 0. The fraction of sp³-hybridized carbons (Fsp3) is 0.500. The molecule has 1 saturated heterocycles. The first-order chi connectivity index (χ1) is 10.7. The van der Waals surface area contributed by atoms with Gasteiger partial charge in [0.2, 0.25) is 11.8 Å². The minimum atomic E-state index is -0.199. The molecule has 1 atom stereocenters. The largest absolute Gasteiger partial charge is 0.383 e. The van der Waals surface area contributed by atoms with Crippen molar-refractivity contribution in [3.05, 3.63) is 29.3 Å². The lowest BCUT2D eigenvalue weighted by Gasteiger charge is -2.29. The summed E-state index contributed by atoms with van der Waals surface area (Å²) in [6.45, 7) is 3.29. The fourth-order valence-electron chi connectivity index (χ4n) is 3.19. The number of hydrogen-bond donors (Lipinski definition) is 3. The second-order valence-corrected chi connectivity index (χ2v) is 5.85. The number of anilines is 1. The third-order valence-electron chi connectivity index (χ3n) is 4.35. The highest BCUT2D eigenvalue weighted by Gasteiger charge is 2.35. The number of carbonyl (C=O) groups excluding carboxylic acids is 2. The first-order valence-corrected chi connectivity index (χ1v) is 7.76. The molecule has 3 N–H and O–H groups in total. The normalized spacial score (nSPS) is 21.6. The van der Waals surface area contributed by atoms with Crippen LogP contribution in [0.15, 0.2) is 18.2 Å². The van der Waals surface area contributed by atoms with Gasteiger partial charge in [0.25, 0.3) is 0 Å². The third kappa shape index (κ3) is 2.98. The van der Waals surface area contributed by atoms with E-state index in [4.69, 9.17) is 0 Å². The Morgan fingerprint density at radius 2 is 2.14 bits per heavy atom. The van der Waals surface area contributed by atoms with Gasteiger partial charge in [-0.15, -0.1) is 0 Å². The average Bonchev–Trinajstić information content (AvgIpc) is 2.92. The fourth-order valence-corrected chi connectivity index (χ4v) is 3.19. The van der Waals surface area contributed by atoms with Gasteiger partial charge in [-0.1, -0.05) is 12.1 Å². The number of nitrogens with zero attached hydrogens (tertiary/aromatic N) is 1. The SMILES string of the molecule is CNCCNc1cccc2c1CN(C1CCC(=O)NC1=O)C2. The number of likely N-dealkylation sites (N-methyl/N-ethyl adjacent to an activating group) is 1. The Morgan fingerprint density at radius 1 is 1.27 bits per heavy atom. The first-order valence-electron chi connectivity index (χ1n) is 7.76. The minimum absolute atomic E-state index is 0.159. The molecule has 1 aromatic rings. The molecule has 1 aromatic carbocycles. The van der Waals surface area contributed by atoms with Crippen LogP contribution in [0.3, 0.4) is 0 Å². The molecule has 2 aliphatic rings. The van der Waals surface area contributed by atoms with Crippen LogP contribution >= 0.6 is 0 Å². The van der Waals surface area contributed by atoms with E-state index in [1.807, 2.05) is 7.05 Å². The predicted molar refractivity (Wildman–Crippen MR) is 84.3 cm³/mol. The molecule has 0 saturated carbocycles. The summed E-state index contributed by atoms with van der Waals surface area (Å²) in [6.07, 6.45) is 1.04. The Balaban J connectivity index is 1.71. The van der Waals surface area contributed by atoms with E-state index in [0.717, 1.165) is 31.9 Å². The van der Waals surface area contributed by atoms with Crippen LogP contribution in [0.4, 0.5) is 5.69 Å². The predicted octanol–water partition coefficient (Wildman–Crippen LogP) is 0.439. The molecule has 0 bridgehead atoms. The van der Waals surface area contributed by atoms with Gasteiger partial charge in [0.05, 0.1) is 6.04 Å². The number of amides is 2. The molecule has 1 fully saturated rings. The van der Waals surface area contributed by atoms with E-state index in [-0.39, 0.29) is 17.9 Å². The Morgan fingerprint density at radius 3 is 2.91 bits per heavy atom. The summed E-state index contributed by atoms with van der Waals surface area (Å²) in [6, 6.07) is 6.05. The molecule has 0 radical (unpaired) electrons. The van der Waals surface area contributed by atoms with Crippen molar-refractivity contribution in [2.75, 3.05) is 25.5 Å². The number of imide groups is 1. The van der Waals surface area contributed by atoms with E-state index in [2.05, 4.69) is 39.0 Å². The van der Waals surface area contributed by atoms with Crippen molar-refractivity contribution in [1.29, 1.82) is 0 Å². The molecule has 6 heteroatoms. The summed E-state index contributed by atoms with van der Waals surface area (Å²) in [4.78, 5) is 25.5. The molecule has 118 valence electrons. The van der Waals surface area contributed by atoms with Crippen LogP contribution < -0.4 is 16.0 Å². The average molecular weight is 302 g/mol. The lowest BCUT2D eigenvalue weighted by Crippen LogP contribution is -2.50. The highest BCUT2D eigenvalue weighted by atomic mass is 16.2. The van der Waals surface area contributed by atoms with Crippen molar-refractivity contribution in [3.63, 3.8) is 0 Å². The monoisotopic (exact) mass is 302 g/mol. The number of rotatable bonds is 5. The number of nitrogens with one attached hydrogen (secondary N) is 3. The zero-order valence-electron chi connectivity index (χ0n) is 12.8. The van der Waals surface area contributed by atoms with E-state index < -0.39 is 0 Å². The van der Waals surface area contributed by atoms with Gasteiger partial charge in [0.1, 0.15) is 0 Å². The second-order valence-electron chi connectivity index (χ2n) is 5.85. The van der Waals surface area contributed by atoms with Gasteiger partial charge >= 0.3 is 0 Å². The molecule has 6 nitrogen and oxygen atoms in total. The van der Waals surface area contributed by atoms with Crippen molar-refractivity contribution < 1.29 is 9.59 Å². The lowest BCUT2D eigenvalue weighted by atomic mass is 10.0. The molecule has 0 aliphatic carbocycles. The van der Waals surface area contributed by atoms with E-state index in [1.54, 1.807) is 0 Å². The molecular weight excluding hydrogens is 280 g/mol. The standard InChI is InChI=1S/C16H22N4O2/c1-17-7-8-18-13-4-2-3-11-9-20(10-12(11)13)14-5-6-15(21)19-16(14)22/h2-4,14,17-18H,5-10H2,1H3,(H,19,21,22). The highest BCUT2D eigenvalue weighted by molar-refractivity contribution is 6.00. The summed E-state index contributed by atoms with van der Waals surface area (Å²) in [7, 11) is 1.93. The highest BCUT2D eigenvalue weighted by Crippen LogP contribution is 2.32. The van der Waals surface area contributed by atoms with Crippen LogP contribution in [-0.4, -0.2) is 42.9 Å². The minimum Gasteiger partial charge on any atom is -0.383 e. The number of hydrogen-bond acceptors (Lipinski definition) is 5. The van der Waals surface area contributed by atoms with Gasteiger partial charge in [0, 0.05) is 38.3 Å². The summed E-state index contributed by atoms with van der Waals surface area (Å²) in [5.74, 6) is -0.318. The van der Waals surface area contributed by atoms with Gasteiger partial charge in [-0.25, -0.2) is 0 Å². The van der Waals surface area contributed by atoms with Crippen LogP contribution in [0.2, 0.25) is 0 Å². The molecule has 3 rings (SSSR count). The Kier molecular flexibility index (Phi) is 4.40. The van der Waals surface area contributed by atoms with Crippen LogP contribution in [0.1, 0.15) is 24.0 Å². The van der Waals surface area contributed by atoms with Crippen molar-refractivity contribution in [1.82, 2.24) is 15.5 Å². The first kappa shape index (κ1) is 15.0. The molecular formula is C16H22N4O2. The molecule has 2 amide bonds. The van der Waals surface area contributed by atoms with E-state index in [1.165, 1.54) is 11.1 Å². The van der Waals surface area contributed by atoms with Crippen molar-refractivity contribution >= 4 is 17.5 Å². The van der Waals surface area contributed by atoms with Crippen LogP contribution in [0.25, 0.3) is 0 Å². The number of carbonyl (C=O) groups is 2. The van der Waals surface area contributed by atoms with Gasteiger partial charge in [-0.3, -0.25) is 19.8 Å². The second kappa shape index (κ2) is 6.46. The smallest absolute Gasteiger partial charge is 0.243 e. The summed E-state index contributed by atoms with van der Waals surface area (Å²) in [5, 5.41) is 9.01. The van der Waals surface area contributed by atoms with Crippen molar-refractivity contribution in [2.24, 2.45) is 0 Å². The van der Waals surface area contributed by atoms with Crippen LogP contribution in [-0.2, 0) is 22.7 Å². The molecule has 1 unspecified atom stereocenters. The number of piperidine rings is 1. The quantitative estimate of drug-likeness (QED) is 0.544. The van der Waals surface area contributed by atoms with E-state index in [9.17, 15) is 9.59 Å². The Bertz CT molecular complexity index is 588. The molecule has 2 aliphatic heterocycles. The van der Waals surface area contributed by atoms with E-state index in [0.29, 0.717) is 12.8 Å². The zero-order chi connectivity index (χ0) is 15.5. The van der Waals surface area contributed by atoms with Gasteiger partial charge in [0.15, 0.2) is 0 Å².